The van der Waals surface area contributed by atoms with Gasteiger partial charge in [0.15, 0.2) is 0 Å². The molecule has 2 aliphatic rings. The zero-order chi connectivity index (χ0) is 20.7. The lowest BCUT2D eigenvalue weighted by molar-refractivity contribution is -0.0176. The molecule has 9 nitrogen and oxygen atoms in total. The second-order valence-corrected chi connectivity index (χ2v) is 7.73. The fourth-order valence-electron chi connectivity index (χ4n) is 4.16. The van der Waals surface area contributed by atoms with Crippen molar-refractivity contribution in [1.29, 1.82) is 0 Å². The van der Waals surface area contributed by atoms with Gasteiger partial charge in [0.05, 0.1) is 37.7 Å². The molecule has 2 bridgehead atoms. The van der Waals surface area contributed by atoms with Gasteiger partial charge in [-0.05, 0) is 24.1 Å². The molecule has 2 aliphatic heterocycles. The van der Waals surface area contributed by atoms with Crippen LogP contribution in [0.5, 0.6) is 5.75 Å². The predicted octanol–water partition coefficient (Wildman–Crippen LogP) is 1.54. The summed E-state index contributed by atoms with van der Waals surface area (Å²) in [5, 5.41) is 28.8. The van der Waals surface area contributed by atoms with Gasteiger partial charge >= 0.3 is 0 Å². The van der Waals surface area contributed by atoms with Crippen LogP contribution >= 0.6 is 0 Å². The summed E-state index contributed by atoms with van der Waals surface area (Å²) in [6, 6.07) is 4.74. The van der Waals surface area contributed by atoms with Gasteiger partial charge in [0, 0.05) is 30.4 Å². The van der Waals surface area contributed by atoms with Crippen molar-refractivity contribution in [1.82, 2.24) is 30.7 Å². The number of H-pyrrole nitrogens is 1. The molecule has 1 aromatic carbocycles. The van der Waals surface area contributed by atoms with Crippen molar-refractivity contribution in [3.8, 4) is 28.1 Å². The third-order valence-electron chi connectivity index (χ3n) is 5.81. The van der Waals surface area contributed by atoms with Crippen molar-refractivity contribution < 1.29 is 14.2 Å². The minimum Gasteiger partial charge on any atom is -0.507 e. The third kappa shape index (κ3) is 3.37. The summed E-state index contributed by atoms with van der Waals surface area (Å²) < 4.78 is 20.4. The Morgan fingerprint density at radius 3 is 2.83 bits per heavy atom. The zero-order valence-corrected chi connectivity index (χ0v) is 16.4. The molecule has 2 saturated heterocycles. The smallest absolute Gasteiger partial charge is 0.245 e. The van der Waals surface area contributed by atoms with Gasteiger partial charge in [-0.1, -0.05) is 6.07 Å². The summed E-state index contributed by atoms with van der Waals surface area (Å²) in [6.45, 7) is 0.952. The van der Waals surface area contributed by atoms with Crippen molar-refractivity contribution in [3.05, 3.63) is 36.8 Å². The highest BCUT2D eigenvalue weighted by Gasteiger charge is 2.42. The van der Waals surface area contributed by atoms with E-state index < -0.39 is 6.17 Å². The molecular weight excluding hydrogens is 389 g/mol. The Morgan fingerprint density at radius 1 is 1.20 bits per heavy atom. The van der Waals surface area contributed by atoms with E-state index in [0.29, 0.717) is 36.8 Å². The lowest BCUT2D eigenvalue weighted by Gasteiger charge is -2.45. The van der Waals surface area contributed by atoms with E-state index in [1.165, 1.54) is 0 Å². The van der Waals surface area contributed by atoms with E-state index >= 15 is 0 Å². The van der Waals surface area contributed by atoms with E-state index in [-0.39, 0.29) is 23.9 Å². The topological polar surface area (TPSA) is 112 Å². The van der Waals surface area contributed by atoms with E-state index in [9.17, 15) is 9.50 Å². The SMILES string of the molecule is CN(c1ncc(-c2ccc(-c3cn[nH]c3)cc2O)nn1)[C@@H]1C[C@@H]2COC[C@@H](N2)[C@@H]1F. The first-order valence-electron chi connectivity index (χ1n) is 9.83. The number of fused-ring (bicyclic) bond motifs is 2. The van der Waals surface area contributed by atoms with Crippen molar-refractivity contribution >= 4 is 5.95 Å². The number of nitrogens with one attached hydrogen (secondary N) is 2. The molecule has 156 valence electrons. The van der Waals surface area contributed by atoms with Gasteiger partial charge in [0.1, 0.15) is 17.6 Å². The Bertz CT molecular complexity index is 1010. The molecule has 2 fully saturated rings. The van der Waals surface area contributed by atoms with Crippen LogP contribution in [0.3, 0.4) is 0 Å². The van der Waals surface area contributed by atoms with Gasteiger partial charge in [-0.2, -0.15) is 5.10 Å². The molecule has 0 unspecified atom stereocenters. The number of phenolic OH excluding ortho intramolecular Hbond substituents is 1. The zero-order valence-electron chi connectivity index (χ0n) is 16.4. The molecule has 3 N–H and O–H groups in total. The van der Waals surface area contributed by atoms with Crippen LogP contribution in [0.1, 0.15) is 6.42 Å². The van der Waals surface area contributed by atoms with Gasteiger partial charge in [0.2, 0.25) is 5.95 Å². The highest BCUT2D eigenvalue weighted by Crippen LogP contribution is 2.32. The van der Waals surface area contributed by atoms with Crippen LogP contribution < -0.4 is 10.2 Å². The highest BCUT2D eigenvalue weighted by molar-refractivity contribution is 5.73. The van der Waals surface area contributed by atoms with Crippen molar-refractivity contribution in [2.24, 2.45) is 0 Å². The molecule has 3 aromatic rings. The molecule has 0 saturated carbocycles. The number of halogens is 1. The maximum Gasteiger partial charge on any atom is 0.245 e. The van der Waals surface area contributed by atoms with Crippen LogP contribution in [-0.4, -0.2) is 75.0 Å². The first-order valence-corrected chi connectivity index (χ1v) is 9.83. The molecule has 30 heavy (non-hydrogen) atoms. The van der Waals surface area contributed by atoms with Gasteiger partial charge in [-0.25, -0.2) is 9.37 Å². The van der Waals surface area contributed by atoms with E-state index in [2.05, 4.69) is 30.7 Å². The number of hydrogen-bond acceptors (Lipinski definition) is 8. The average Bonchev–Trinajstić information content (AvgIpc) is 3.31. The van der Waals surface area contributed by atoms with Crippen LogP contribution in [0.4, 0.5) is 10.3 Å². The summed E-state index contributed by atoms with van der Waals surface area (Å²) in [6.07, 6.45) is 4.49. The lowest BCUT2D eigenvalue weighted by atomic mass is 9.90. The van der Waals surface area contributed by atoms with Crippen LogP contribution in [0.2, 0.25) is 0 Å². The van der Waals surface area contributed by atoms with Gasteiger partial charge in [-0.15, -0.1) is 10.2 Å². The van der Waals surface area contributed by atoms with E-state index in [1.54, 1.807) is 42.7 Å². The summed E-state index contributed by atoms with van der Waals surface area (Å²) >= 11 is 0. The molecule has 0 amide bonds. The fourth-order valence-corrected chi connectivity index (χ4v) is 4.16. The maximum atomic E-state index is 14.9. The first kappa shape index (κ1) is 18.9. The minimum absolute atomic E-state index is 0.0703. The van der Waals surface area contributed by atoms with Crippen LogP contribution in [0.15, 0.2) is 36.8 Å². The Kier molecular flexibility index (Phi) is 4.80. The molecule has 5 rings (SSSR count). The second-order valence-electron chi connectivity index (χ2n) is 7.73. The average molecular weight is 411 g/mol. The quantitative estimate of drug-likeness (QED) is 0.593. The van der Waals surface area contributed by atoms with Crippen LogP contribution in [0.25, 0.3) is 22.4 Å². The predicted molar refractivity (Wildman–Crippen MR) is 108 cm³/mol. The summed E-state index contributed by atoms with van der Waals surface area (Å²) in [7, 11) is 1.78. The number of aromatic hydroxyl groups is 1. The number of nitrogens with zero attached hydrogens (tertiary/aromatic N) is 5. The Morgan fingerprint density at radius 2 is 2.10 bits per heavy atom. The standard InChI is InChI=1S/C20H22FN7O2/c1-28(17-5-13-9-30-10-16(25-13)19(17)21)20-22-8-15(26-27-20)14-3-2-11(4-18(14)29)12-6-23-24-7-12/h2-4,6-8,13,16-17,19,25,29H,5,9-10H2,1H3,(H,23,24)/t13-,16-,17-,19+/m1/s1. The first-order chi connectivity index (χ1) is 14.6. The minimum atomic E-state index is -1.09. The van der Waals surface area contributed by atoms with Crippen LogP contribution in [0, 0.1) is 0 Å². The van der Waals surface area contributed by atoms with Crippen molar-refractivity contribution in [3.63, 3.8) is 0 Å². The number of rotatable bonds is 4. The molecule has 2 aromatic heterocycles. The number of anilines is 1. The lowest BCUT2D eigenvalue weighted by Crippen LogP contribution is -2.65. The number of piperidine rings is 1. The van der Waals surface area contributed by atoms with Gasteiger partial charge < -0.3 is 20.1 Å². The normalized spacial score (nSPS) is 25.8. The summed E-state index contributed by atoms with van der Waals surface area (Å²) in [4.78, 5) is 6.13. The van der Waals surface area contributed by atoms with E-state index in [4.69, 9.17) is 4.74 Å². The number of benzene rings is 1. The number of ether oxygens (including phenoxy) is 1. The summed E-state index contributed by atoms with van der Waals surface area (Å²) in [5.41, 5.74) is 2.66. The molecule has 0 aliphatic carbocycles. The fraction of sp³-hybridized carbons (Fsp3) is 0.400. The number of aromatic amines is 1. The maximum absolute atomic E-state index is 14.9. The number of hydrogen-bond donors (Lipinski definition) is 3. The number of aromatic nitrogens is 5. The van der Waals surface area contributed by atoms with Crippen molar-refractivity contribution in [2.45, 2.75) is 30.7 Å². The monoisotopic (exact) mass is 411 g/mol. The number of phenols is 1. The Hall–Kier alpha value is -3.11. The van der Waals surface area contributed by atoms with E-state index in [0.717, 1.165) is 11.1 Å². The van der Waals surface area contributed by atoms with Gasteiger partial charge in [-0.3, -0.25) is 5.10 Å². The summed E-state index contributed by atoms with van der Waals surface area (Å²) in [5.74, 6) is 0.419. The van der Waals surface area contributed by atoms with Gasteiger partial charge in [0.25, 0.3) is 0 Å². The Balaban J connectivity index is 1.35. The third-order valence-corrected chi connectivity index (χ3v) is 5.81. The molecule has 4 heterocycles. The molecular formula is C20H22FN7O2. The number of alkyl halides is 1. The second kappa shape index (κ2) is 7.62. The van der Waals surface area contributed by atoms with Crippen LogP contribution in [-0.2, 0) is 4.74 Å². The van der Waals surface area contributed by atoms with E-state index in [1.807, 2.05) is 6.07 Å². The Labute approximate surface area is 172 Å². The largest absolute Gasteiger partial charge is 0.507 e. The molecule has 4 atom stereocenters. The van der Waals surface area contributed by atoms with Crippen molar-refractivity contribution in [2.75, 3.05) is 25.2 Å². The highest BCUT2D eigenvalue weighted by atomic mass is 19.1. The number of morpholine rings is 1. The molecule has 0 spiro atoms. The molecule has 0 radical (unpaired) electrons. The molecule has 10 heteroatoms.